The van der Waals surface area contributed by atoms with Gasteiger partial charge in [0.2, 0.25) is 0 Å². The van der Waals surface area contributed by atoms with E-state index in [4.69, 9.17) is 9.47 Å². The van der Waals surface area contributed by atoms with E-state index in [0.717, 1.165) is 22.4 Å². The van der Waals surface area contributed by atoms with Crippen LogP contribution in [0.5, 0.6) is 0 Å². The van der Waals surface area contributed by atoms with Gasteiger partial charge in [0, 0.05) is 11.1 Å². The Morgan fingerprint density at radius 1 is 1.14 bits per heavy atom. The monoisotopic (exact) mass is 285 g/mol. The zero-order chi connectivity index (χ0) is 15.0. The third kappa shape index (κ3) is 1.44. The summed E-state index contributed by atoms with van der Waals surface area (Å²) < 4.78 is 11.6. The third-order valence-corrected chi connectivity index (χ3v) is 4.58. The first kappa shape index (κ1) is 13.0. The van der Waals surface area contributed by atoms with Crippen molar-refractivity contribution in [3.8, 4) is 0 Å². The highest BCUT2D eigenvalue weighted by molar-refractivity contribution is 6.11. The smallest absolute Gasteiger partial charge is 0.293 e. The molecule has 0 aromatic heterocycles. The van der Waals surface area contributed by atoms with Gasteiger partial charge in [0.05, 0.1) is 24.4 Å². The molecule has 4 nitrogen and oxygen atoms in total. The molecule has 4 rings (SSSR count). The number of rotatable bonds is 0. The molecule has 3 heterocycles. The van der Waals surface area contributed by atoms with Gasteiger partial charge in [0.15, 0.2) is 0 Å². The lowest BCUT2D eigenvalue weighted by molar-refractivity contribution is -0.181. The summed E-state index contributed by atoms with van der Waals surface area (Å²) in [6.45, 7) is 9.15. The van der Waals surface area contributed by atoms with E-state index < -0.39 is 5.79 Å². The molecule has 0 aliphatic carbocycles. The average Bonchev–Trinajstić information content (AvgIpc) is 2.96. The van der Waals surface area contributed by atoms with Crippen LogP contribution >= 0.6 is 0 Å². The molecule has 1 spiro atoms. The molecule has 3 aliphatic heterocycles. The Morgan fingerprint density at radius 2 is 1.81 bits per heavy atom. The lowest BCUT2D eigenvalue weighted by Crippen LogP contribution is -2.51. The van der Waals surface area contributed by atoms with Gasteiger partial charge >= 0.3 is 0 Å². The van der Waals surface area contributed by atoms with Crippen molar-refractivity contribution in [2.75, 3.05) is 18.1 Å². The lowest BCUT2D eigenvalue weighted by atomic mass is 9.88. The van der Waals surface area contributed by atoms with Crippen molar-refractivity contribution in [1.82, 2.24) is 0 Å². The molecule has 0 N–H and O–H groups in total. The van der Waals surface area contributed by atoms with E-state index in [9.17, 15) is 4.79 Å². The first-order valence-corrected chi connectivity index (χ1v) is 7.34. The summed E-state index contributed by atoms with van der Waals surface area (Å²) in [5.74, 6) is -1.33. The molecular formula is C17H19NO3. The second kappa shape index (κ2) is 3.76. The number of hydrogen-bond acceptors (Lipinski definition) is 3. The molecule has 1 fully saturated rings. The number of ether oxygens (including phenoxy) is 2. The minimum atomic E-state index is -1.23. The van der Waals surface area contributed by atoms with E-state index in [0.29, 0.717) is 13.2 Å². The zero-order valence-electron chi connectivity index (χ0n) is 12.8. The molecule has 4 heteroatoms. The van der Waals surface area contributed by atoms with Gasteiger partial charge in [0.25, 0.3) is 11.7 Å². The van der Waals surface area contributed by atoms with E-state index >= 15 is 0 Å². The predicted molar refractivity (Wildman–Crippen MR) is 80.0 cm³/mol. The van der Waals surface area contributed by atoms with Gasteiger partial charge in [-0.25, -0.2) is 0 Å². The summed E-state index contributed by atoms with van der Waals surface area (Å²) in [6.07, 6.45) is 2.14. The summed E-state index contributed by atoms with van der Waals surface area (Å²) in [4.78, 5) is 14.9. The Kier molecular flexibility index (Phi) is 2.33. The number of carbonyl (C=O) groups excluding carboxylic acids is 1. The van der Waals surface area contributed by atoms with Crippen molar-refractivity contribution in [1.29, 1.82) is 0 Å². The highest BCUT2D eigenvalue weighted by Gasteiger charge is 2.60. The molecular weight excluding hydrogens is 266 g/mol. The van der Waals surface area contributed by atoms with Gasteiger partial charge in [-0.1, -0.05) is 6.08 Å². The van der Waals surface area contributed by atoms with E-state index in [1.807, 2.05) is 17.9 Å². The van der Waals surface area contributed by atoms with Gasteiger partial charge in [0.1, 0.15) is 0 Å². The van der Waals surface area contributed by atoms with Crippen molar-refractivity contribution in [3.63, 3.8) is 0 Å². The molecule has 0 saturated carbocycles. The van der Waals surface area contributed by atoms with Crippen LogP contribution in [-0.2, 0) is 20.1 Å². The molecule has 0 atom stereocenters. The Labute approximate surface area is 124 Å². The number of fused-ring (bicyclic) bond motifs is 1. The highest BCUT2D eigenvalue weighted by atomic mass is 16.7. The molecule has 1 aromatic rings. The highest BCUT2D eigenvalue weighted by Crippen LogP contribution is 2.53. The second-order valence-corrected chi connectivity index (χ2v) is 6.64. The molecule has 1 aromatic carbocycles. The molecule has 3 aliphatic rings. The summed E-state index contributed by atoms with van der Waals surface area (Å²) >= 11 is 0. The van der Waals surface area contributed by atoms with E-state index in [1.165, 1.54) is 5.57 Å². The maximum absolute atomic E-state index is 13.1. The van der Waals surface area contributed by atoms with Gasteiger partial charge in [-0.15, -0.1) is 0 Å². The SMILES string of the molecule is CC1=CC(C)(C)N2C(=O)C3(OCCO3)c3cc(C)cc1c32. The average molecular weight is 285 g/mol. The summed E-state index contributed by atoms with van der Waals surface area (Å²) in [6, 6.07) is 4.16. The molecule has 1 saturated heterocycles. The third-order valence-electron chi connectivity index (χ3n) is 4.58. The van der Waals surface area contributed by atoms with Crippen LogP contribution in [0, 0.1) is 6.92 Å². The minimum Gasteiger partial charge on any atom is -0.336 e. The van der Waals surface area contributed by atoms with Crippen LogP contribution in [-0.4, -0.2) is 24.7 Å². The maximum Gasteiger partial charge on any atom is 0.293 e. The number of hydrogen-bond donors (Lipinski definition) is 0. The van der Waals surface area contributed by atoms with Crippen molar-refractivity contribution in [3.05, 3.63) is 34.9 Å². The molecule has 0 unspecified atom stereocenters. The molecule has 1 amide bonds. The number of amides is 1. The quantitative estimate of drug-likeness (QED) is 0.735. The summed E-state index contributed by atoms with van der Waals surface area (Å²) in [5, 5.41) is 0. The van der Waals surface area contributed by atoms with Crippen LogP contribution in [0.15, 0.2) is 18.2 Å². The first-order valence-electron chi connectivity index (χ1n) is 7.34. The van der Waals surface area contributed by atoms with Gasteiger partial charge in [-0.2, -0.15) is 0 Å². The number of carbonyl (C=O) groups is 1. The van der Waals surface area contributed by atoms with Crippen LogP contribution in [0.25, 0.3) is 5.57 Å². The van der Waals surface area contributed by atoms with Crippen LogP contribution < -0.4 is 4.90 Å². The number of allylic oxidation sites excluding steroid dienone is 1. The number of aryl methyl sites for hydroxylation is 1. The molecule has 0 radical (unpaired) electrons. The largest absolute Gasteiger partial charge is 0.336 e. The Balaban J connectivity index is 2.08. The summed E-state index contributed by atoms with van der Waals surface area (Å²) in [5.41, 5.74) is 4.85. The Morgan fingerprint density at radius 3 is 2.48 bits per heavy atom. The normalized spacial score (nSPS) is 24.5. The summed E-state index contributed by atoms with van der Waals surface area (Å²) in [7, 11) is 0. The second-order valence-electron chi connectivity index (χ2n) is 6.64. The van der Waals surface area contributed by atoms with Gasteiger partial charge < -0.3 is 9.47 Å². The van der Waals surface area contributed by atoms with Crippen LogP contribution in [0.4, 0.5) is 5.69 Å². The fourth-order valence-electron chi connectivity index (χ4n) is 3.85. The number of anilines is 1. The first-order chi connectivity index (χ1) is 9.87. The van der Waals surface area contributed by atoms with Crippen LogP contribution in [0.1, 0.15) is 37.5 Å². The zero-order valence-corrected chi connectivity index (χ0v) is 12.8. The van der Waals surface area contributed by atoms with Gasteiger partial charge in [-0.05, 0) is 51.0 Å². The number of benzene rings is 1. The van der Waals surface area contributed by atoms with E-state index in [-0.39, 0.29) is 11.4 Å². The maximum atomic E-state index is 13.1. The molecule has 0 bridgehead atoms. The van der Waals surface area contributed by atoms with Gasteiger partial charge in [-0.3, -0.25) is 9.69 Å². The van der Waals surface area contributed by atoms with Crippen molar-refractivity contribution in [2.45, 2.75) is 39.0 Å². The number of nitrogens with zero attached hydrogens (tertiary/aromatic N) is 1. The lowest BCUT2D eigenvalue weighted by Gasteiger charge is -2.39. The Hall–Kier alpha value is -1.65. The topological polar surface area (TPSA) is 38.8 Å². The fraction of sp³-hybridized carbons (Fsp3) is 0.471. The van der Waals surface area contributed by atoms with Crippen molar-refractivity contribution < 1.29 is 14.3 Å². The Bertz CT molecular complexity index is 696. The van der Waals surface area contributed by atoms with Crippen LogP contribution in [0.2, 0.25) is 0 Å². The van der Waals surface area contributed by atoms with Crippen LogP contribution in [0.3, 0.4) is 0 Å². The standard InChI is InChI=1S/C17H19NO3/c1-10-7-12-11(2)9-16(3,4)18-14(12)13(8-10)17(15(18)19)20-5-6-21-17/h7-9H,5-6H2,1-4H3. The molecule has 21 heavy (non-hydrogen) atoms. The van der Waals surface area contributed by atoms with Crippen molar-refractivity contribution >= 4 is 17.2 Å². The fourth-order valence-corrected chi connectivity index (χ4v) is 3.85. The predicted octanol–water partition coefficient (Wildman–Crippen LogP) is 2.74. The van der Waals surface area contributed by atoms with E-state index in [1.54, 1.807) is 0 Å². The minimum absolute atomic E-state index is 0.101. The molecule has 110 valence electrons. The van der Waals surface area contributed by atoms with Crippen molar-refractivity contribution in [2.24, 2.45) is 0 Å². The van der Waals surface area contributed by atoms with E-state index in [2.05, 4.69) is 32.9 Å².